The monoisotopic (exact) mass is 430 g/mol. The zero-order valence-corrected chi connectivity index (χ0v) is 18.2. The quantitative estimate of drug-likeness (QED) is 0.530. The Bertz CT molecular complexity index is 1090. The zero-order chi connectivity index (χ0) is 22.9. The molecule has 0 aromatic heterocycles. The topological polar surface area (TPSA) is 84.5 Å². The number of amides is 2. The minimum absolute atomic E-state index is 0.0889. The first-order valence-corrected chi connectivity index (χ1v) is 10.3. The molecule has 0 saturated heterocycles. The third kappa shape index (κ3) is 6.80. The van der Waals surface area contributed by atoms with Crippen LogP contribution in [-0.4, -0.2) is 24.4 Å². The highest BCUT2D eigenvalue weighted by Crippen LogP contribution is 2.15. The standard InChI is InChI=1S/C26H26N2O4/c1-18-7-11-20(12-8-18)15-25(30)32-17-24(29)28-23-6-4-3-5-22(23)26(31)27-16-21-13-9-19(2)10-14-21/h3-14H,15-17H2,1-2H3,(H,27,31)(H,28,29). The molecule has 3 aromatic carbocycles. The molecule has 6 heteroatoms. The van der Waals surface area contributed by atoms with Gasteiger partial charge in [0.05, 0.1) is 17.7 Å². The van der Waals surface area contributed by atoms with Crippen LogP contribution in [0.4, 0.5) is 5.69 Å². The van der Waals surface area contributed by atoms with Crippen LogP contribution in [0.1, 0.15) is 32.6 Å². The van der Waals surface area contributed by atoms with Crippen LogP contribution >= 0.6 is 0 Å². The Labute approximate surface area is 187 Å². The molecule has 6 nitrogen and oxygen atoms in total. The summed E-state index contributed by atoms with van der Waals surface area (Å²) in [7, 11) is 0. The van der Waals surface area contributed by atoms with Gasteiger partial charge in [0.15, 0.2) is 6.61 Å². The van der Waals surface area contributed by atoms with Crippen LogP contribution in [0.25, 0.3) is 0 Å². The molecule has 32 heavy (non-hydrogen) atoms. The number of hydrogen-bond acceptors (Lipinski definition) is 4. The van der Waals surface area contributed by atoms with Crippen LogP contribution < -0.4 is 10.6 Å². The lowest BCUT2D eigenvalue weighted by molar-refractivity contribution is -0.146. The molecular formula is C26H26N2O4. The Kier molecular flexibility index (Phi) is 7.75. The molecule has 0 unspecified atom stereocenters. The second-order valence-corrected chi connectivity index (χ2v) is 7.59. The van der Waals surface area contributed by atoms with Crippen LogP contribution in [0.2, 0.25) is 0 Å². The number of carbonyl (C=O) groups excluding carboxylic acids is 3. The first-order valence-electron chi connectivity index (χ1n) is 10.3. The highest BCUT2D eigenvalue weighted by molar-refractivity contribution is 6.04. The van der Waals surface area contributed by atoms with Crippen LogP contribution in [0.5, 0.6) is 0 Å². The number of anilines is 1. The zero-order valence-electron chi connectivity index (χ0n) is 18.2. The van der Waals surface area contributed by atoms with Gasteiger partial charge in [0.2, 0.25) is 0 Å². The predicted molar refractivity (Wildman–Crippen MR) is 123 cm³/mol. The summed E-state index contributed by atoms with van der Waals surface area (Å²) in [5.41, 5.74) is 4.73. The molecule has 0 saturated carbocycles. The van der Waals surface area contributed by atoms with E-state index in [1.807, 2.05) is 62.4 Å². The summed E-state index contributed by atoms with van der Waals surface area (Å²) >= 11 is 0. The van der Waals surface area contributed by atoms with Crippen molar-refractivity contribution in [2.75, 3.05) is 11.9 Å². The predicted octanol–water partition coefficient (Wildman–Crippen LogP) is 3.96. The third-order valence-electron chi connectivity index (χ3n) is 4.85. The number of aryl methyl sites for hydroxylation is 2. The van der Waals surface area contributed by atoms with E-state index in [-0.39, 0.29) is 12.3 Å². The Morgan fingerprint density at radius 1 is 0.781 bits per heavy atom. The van der Waals surface area contributed by atoms with E-state index in [2.05, 4.69) is 10.6 Å². The summed E-state index contributed by atoms with van der Waals surface area (Å²) in [5, 5.41) is 5.50. The number of benzene rings is 3. The summed E-state index contributed by atoms with van der Waals surface area (Å²) in [6.45, 7) is 3.91. The molecule has 3 aromatic rings. The highest BCUT2D eigenvalue weighted by Gasteiger charge is 2.14. The lowest BCUT2D eigenvalue weighted by Gasteiger charge is -2.12. The SMILES string of the molecule is Cc1ccc(CNC(=O)c2ccccc2NC(=O)COC(=O)Cc2ccc(C)cc2)cc1. The Hall–Kier alpha value is -3.93. The van der Waals surface area contributed by atoms with Crippen LogP contribution in [-0.2, 0) is 27.3 Å². The molecular weight excluding hydrogens is 404 g/mol. The molecule has 0 aliphatic heterocycles. The van der Waals surface area contributed by atoms with E-state index < -0.39 is 18.5 Å². The lowest BCUT2D eigenvalue weighted by atomic mass is 10.1. The largest absolute Gasteiger partial charge is 0.455 e. The minimum Gasteiger partial charge on any atom is -0.455 e. The number of para-hydroxylation sites is 1. The maximum atomic E-state index is 12.6. The fourth-order valence-corrected chi connectivity index (χ4v) is 3.03. The van der Waals surface area contributed by atoms with Gasteiger partial charge in [0.1, 0.15) is 0 Å². The number of esters is 1. The molecule has 0 radical (unpaired) electrons. The summed E-state index contributed by atoms with van der Waals surface area (Å²) in [6, 6.07) is 22.1. The molecule has 2 amide bonds. The van der Waals surface area contributed by atoms with E-state index in [0.717, 1.165) is 22.3 Å². The van der Waals surface area contributed by atoms with Gasteiger partial charge in [-0.1, -0.05) is 71.8 Å². The van der Waals surface area contributed by atoms with Crippen molar-refractivity contribution >= 4 is 23.5 Å². The minimum atomic E-state index is -0.513. The number of rotatable bonds is 8. The molecule has 0 spiro atoms. The van der Waals surface area contributed by atoms with Gasteiger partial charge in [-0.15, -0.1) is 0 Å². The fraction of sp³-hybridized carbons (Fsp3) is 0.192. The summed E-state index contributed by atoms with van der Waals surface area (Å²) < 4.78 is 5.07. The highest BCUT2D eigenvalue weighted by atomic mass is 16.5. The summed E-state index contributed by atoms with van der Waals surface area (Å²) in [5.74, 6) is -1.31. The summed E-state index contributed by atoms with van der Waals surface area (Å²) in [6.07, 6.45) is 0.0889. The Morgan fingerprint density at radius 3 is 2.03 bits per heavy atom. The molecule has 2 N–H and O–H groups in total. The maximum absolute atomic E-state index is 12.6. The van der Waals surface area contributed by atoms with Gasteiger partial charge in [0, 0.05) is 6.54 Å². The van der Waals surface area contributed by atoms with Gasteiger partial charge in [-0.2, -0.15) is 0 Å². The fourth-order valence-electron chi connectivity index (χ4n) is 3.03. The summed E-state index contributed by atoms with van der Waals surface area (Å²) in [4.78, 5) is 36.9. The number of ether oxygens (including phenoxy) is 1. The van der Waals surface area contributed by atoms with Gasteiger partial charge < -0.3 is 15.4 Å². The molecule has 164 valence electrons. The molecule has 0 aliphatic carbocycles. The first-order chi connectivity index (χ1) is 15.4. The van der Waals surface area contributed by atoms with Gasteiger partial charge in [-0.3, -0.25) is 14.4 Å². The average Bonchev–Trinajstić information content (AvgIpc) is 2.79. The van der Waals surface area contributed by atoms with Gasteiger partial charge >= 0.3 is 5.97 Å². The van der Waals surface area contributed by atoms with Crippen molar-refractivity contribution in [1.82, 2.24) is 5.32 Å². The first kappa shape index (κ1) is 22.7. The van der Waals surface area contributed by atoms with Crippen LogP contribution in [0.3, 0.4) is 0 Å². The van der Waals surface area contributed by atoms with E-state index in [0.29, 0.717) is 17.8 Å². The molecule has 0 bridgehead atoms. The van der Waals surface area contributed by atoms with E-state index in [4.69, 9.17) is 4.74 Å². The molecule has 0 aliphatic rings. The van der Waals surface area contributed by atoms with Crippen molar-refractivity contribution in [2.45, 2.75) is 26.8 Å². The average molecular weight is 431 g/mol. The van der Waals surface area contributed by atoms with Crippen LogP contribution in [0.15, 0.2) is 72.8 Å². The van der Waals surface area contributed by atoms with E-state index in [1.165, 1.54) is 0 Å². The molecule has 3 rings (SSSR count). The smallest absolute Gasteiger partial charge is 0.310 e. The lowest BCUT2D eigenvalue weighted by Crippen LogP contribution is -2.26. The van der Waals surface area contributed by atoms with Crippen molar-refractivity contribution in [2.24, 2.45) is 0 Å². The number of hydrogen-bond donors (Lipinski definition) is 2. The van der Waals surface area contributed by atoms with Crippen molar-refractivity contribution in [3.63, 3.8) is 0 Å². The van der Waals surface area contributed by atoms with E-state index in [1.54, 1.807) is 24.3 Å². The van der Waals surface area contributed by atoms with E-state index in [9.17, 15) is 14.4 Å². The Morgan fingerprint density at radius 2 is 1.38 bits per heavy atom. The van der Waals surface area contributed by atoms with Crippen molar-refractivity contribution in [3.8, 4) is 0 Å². The Balaban J connectivity index is 1.52. The van der Waals surface area contributed by atoms with Crippen molar-refractivity contribution in [3.05, 3.63) is 101 Å². The van der Waals surface area contributed by atoms with Gasteiger partial charge in [0.25, 0.3) is 11.8 Å². The molecule has 0 atom stereocenters. The van der Waals surface area contributed by atoms with Gasteiger partial charge in [-0.05, 0) is 37.1 Å². The number of nitrogens with one attached hydrogen (secondary N) is 2. The second kappa shape index (κ2) is 10.9. The van der Waals surface area contributed by atoms with Crippen LogP contribution in [0, 0.1) is 13.8 Å². The van der Waals surface area contributed by atoms with Gasteiger partial charge in [-0.25, -0.2) is 0 Å². The van der Waals surface area contributed by atoms with E-state index >= 15 is 0 Å². The molecule has 0 heterocycles. The van der Waals surface area contributed by atoms with Crippen molar-refractivity contribution in [1.29, 1.82) is 0 Å². The maximum Gasteiger partial charge on any atom is 0.310 e. The molecule has 0 fully saturated rings. The normalized spacial score (nSPS) is 10.3. The second-order valence-electron chi connectivity index (χ2n) is 7.59. The number of carbonyl (C=O) groups is 3. The van der Waals surface area contributed by atoms with Crippen molar-refractivity contribution < 1.29 is 19.1 Å². The third-order valence-corrected chi connectivity index (χ3v) is 4.85.